The van der Waals surface area contributed by atoms with Gasteiger partial charge in [-0.25, -0.2) is 4.98 Å². The third-order valence-electron chi connectivity index (χ3n) is 3.52. The van der Waals surface area contributed by atoms with Crippen molar-refractivity contribution in [2.24, 2.45) is 0 Å². The zero-order chi connectivity index (χ0) is 14.8. The number of thiazole rings is 1. The predicted molar refractivity (Wildman–Crippen MR) is 86.3 cm³/mol. The van der Waals surface area contributed by atoms with Gasteiger partial charge in [0.25, 0.3) is 0 Å². The van der Waals surface area contributed by atoms with Crippen LogP contribution in [0, 0.1) is 10.8 Å². The van der Waals surface area contributed by atoms with Crippen LogP contribution in [0.4, 0.5) is 0 Å². The van der Waals surface area contributed by atoms with Gasteiger partial charge < -0.3 is 10.2 Å². The Morgan fingerprint density at radius 2 is 2.14 bits per heavy atom. The Hall–Kier alpha value is -2.05. The van der Waals surface area contributed by atoms with E-state index in [0.29, 0.717) is 23.9 Å². The SMILES string of the molecule is CC1NCCN(C(=N)c2csc(-c3ccccc3)n2)C1=N. The number of hydrogen-bond acceptors (Lipinski definition) is 5. The van der Waals surface area contributed by atoms with E-state index in [9.17, 15) is 0 Å². The molecule has 6 heteroatoms. The number of piperazine rings is 1. The molecule has 108 valence electrons. The molecule has 1 aliphatic rings. The molecule has 3 rings (SSSR count). The molecule has 0 radical (unpaired) electrons. The molecule has 1 aromatic carbocycles. The van der Waals surface area contributed by atoms with E-state index in [4.69, 9.17) is 10.8 Å². The third-order valence-corrected chi connectivity index (χ3v) is 4.42. The summed E-state index contributed by atoms with van der Waals surface area (Å²) in [4.78, 5) is 6.28. The zero-order valence-electron chi connectivity index (χ0n) is 11.8. The topological polar surface area (TPSA) is 75.9 Å². The van der Waals surface area contributed by atoms with Crippen molar-refractivity contribution in [2.45, 2.75) is 13.0 Å². The Morgan fingerprint density at radius 3 is 2.90 bits per heavy atom. The highest BCUT2D eigenvalue weighted by molar-refractivity contribution is 7.13. The van der Waals surface area contributed by atoms with Crippen molar-refractivity contribution in [3.8, 4) is 10.6 Å². The smallest absolute Gasteiger partial charge is 0.153 e. The molecule has 5 nitrogen and oxygen atoms in total. The first-order valence-electron chi connectivity index (χ1n) is 6.86. The quantitative estimate of drug-likeness (QED) is 0.589. The van der Waals surface area contributed by atoms with Crippen molar-refractivity contribution in [3.05, 3.63) is 41.4 Å². The van der Waals surface area contributed by atoms with Gasteiger partial charge >= 0.3 is 0 Å². The maximum absolute atomic E-state index is 8.32. The fraction of sp³-hybridized carbons (Fsp3) is 0.267. The molecule has 0 bridgehead atoms. The van der Waals surface area contributed by atoms with Crippen LogP contribution in [-0.4, -0.2) is 40.7 Å². The van der Waals surface area contributed by atoms with Gasteiger partial charge in [0.15, 0.2) is 5.84 Å². The molecule has 0 spiro atoms. The number of amidine groups is 2. The fourth-order valence-corrected chi connectivity index (χ4v) is 3.12. The number of nitrogens with one attached hydrogen (secondary N) is 3. The molecule has 1 atom stereocenters. The Balaban J connectivity index is 1.83. The van der Waals surface area contributed by atoms with Crippen LogP contribution in [0.5, 0.6) is 0 Å². The maximum Gasteiger partial charge on any atom is 0.153 e. The molecule has 0 amide bonds. The van der Waals surface area contributed by atoms with E-state index in [0.717, 1.165) is 17.1 Å². The van der Waals surface area contributed by atoms with Gasteiger partial charge in [-0.15, -0.1) is 11.3 Å². The summed E-state index contributed by atoms with van der Waals surface area (Å²) >= 11 is 1.53. The number of aromatic nitrogens is 1. The van der Waals surface area contributed by atoms with E-state index in [1.807, 2.05) is 42.6 Å². The van der Waals surface area contributed by atoms with Crippen LogP contribution in [0.1, 0.15) is 12.6 Å². The third kappa shape index (κ3) is 2.72. The highest BCUT2D eigenvalue weighted by atomic mass is 32.1. The molecule has 0 aliphatic carbocycles. The van der Waals surface area contributed by atoms with Gasteiger partial charge in [0.1, 0.15) is 16.5 Å². The molecule has 21 heavy (non-hydrogen) atoms. The van der Waals surface area contributed by atoms with Crippen molar-refractivity contribution >= 4 is 23.0 Å². The first-order chi connectivity index (χ1) is 10.2. The Labute approximate surface area is 127 Å². The molecule has 1 aliphatic heterocycles. The molecular formula is C15H17N5S. The molecule has 1 aromatic heterocycles. The minimum Gasteiger partial charge on any atom is -0.311 e. The Morgan fingerprint density at radius 1 is 1.38 bits per heavy atom. The maximum atomic E-state index is 8.32. The zero-order valence-corrected chi connectivity index (χ0v) is 12.6. The van der Waals surface area contributed by atoms with Gasteiger partial charge in [-0.1, -0.05) is 30.3 Å². The second-order valence-corrected chi connectivity index (χ2v) is 5.82. The van der Waals surface area contributed by atoms with Gasteiger partial charge in [0.05, 0.1) is 6.04 Å². The minimum atomic E-state index is -0.0219. The summed E-state index contributed by atoms with van der Waals surface area (Å²) < 4.78 is 0. The predicted octanol–water partition coefficient (Wildman–Crippen LogP) is 2.41. The van der Waals surface area contributed by atoms with E-state index in [-0.39, 0.29) is 6.04 Å². The van der Waals surface area contributed by atoms with Gasteiger partial charge in [-0.3, -0.25) is 10.8 Å². The minimum absolute atomic E-state index is 0.0219. The lowest BCUT2D eigenvalue weighted by Crippen LogP contribution is -2.55. The highest BCUT2D eigenvalue weighted by Crippen LogP contribution is 2.24. The highest BCUT2D eigenvalue weighted by Gasteiger charge is 2.26. The molecule has 1 saturated heterocycles. The first-order valence-corrected chi connectivity index (χ1v) is 7.74. The monoisotopic (exact) mass is 299 g/mol. The number of nitrogens with zero attached hydrogens (tertiary/aromatic N) is 2. The largest absolute Gasteiger partial charge is 0.311 e. The summed E-state index contributed by atoms with van der Waals surface area (Å²) in [6.45, 7) is 3.36. The summed E-state index contributed by atoms with van der Waals surface area (Å²) in [7, 11) is 0. The average molecular weight is 299 g/mol. The lowest BCUT2D eigenvalue weighted by Gasteiger charge is -2.33. The average Bonchev–Trinajstić information content (AvgIpc) is 3.00. The van der Waals surface area contributed by atoms with E-state index in [1.165, 1.54) is 11.3 Å². The second kappa shape index (κ2) is 5.75. The van der Waals surface area contributed by atoms with Crippen molar-refractivity contribution < 1.29 is 0 Å². The second-order valence-electron chi connectivity index (χ2n) is 4.97. The number of benzene rings is 1. The normalized spacial score (nSPS) is 18.8. The van der Waals surface area contributed by atoms with Crippen molar-refractivity contribution in [3.63, 3.8) is 0 Å². The Bertz CT molecular complexity index is 664. The van der Waals surface area contributed by atoms with Gasteiger partial charge in [0.2, 0.25) is 0 Å². The van der Waals surface area contributed by atoms with Crippen LogP contribution >= 0.6 is 11.3 Å². The van der Waals surface area contributed by atoms with E-state index in [2.05, 4.69) is 10.3 Å². The van der Waals surface area contributed by atoms with Gasteiger partial charge in [-0.05, 0) is 6.92 Å². The fourth-order valence-electron chi connectivity index (χ4n) is 2.31. The van der Waals surface area contributed by atoms with Crippen LogP contribution in [0.15, 0.2) is 35.7 Å². The summed E-state index contributed by atoms with van der Waals surface area (Å²) in [5.74, 6) is 0.743. The number of hydrogen-bond donors (Lipinski definition) is 3. The summed E-state index contributed by atoms with van der Waals surface area (Å²) in [5.41, 5.74) is 1.70. The molecule has 0 saturated carbocycles. The molecule has 1 unspecified atom stereocenters. The lowest BCUT2D eigenvalue weighted by atomic mass is 10.2. The first kappa shape index (κ1) is 13.9. The van der Waals surface area contributed by atoms with E-state index in [1.54, 1.807) is 4.90 Å². The van der Waals surface area contributed by atoms with Crippen molar-refractivity contribution in [1.82, 2.24) is 15.2 Å². The van der Waals surface area contributed by atoms with Crippen LogP contribution in [-0.2, 0) is 0 Å². The Kier molecular flexibility index (Phi) is 3.81. The van der Waals surface area contributed by atoms with Gasteiger partial charge in [-0.2, -0.15) is 0 Å². The molecule has 2 heterocycles. The number of rotatable bonds is 2. The van der Waals surface area contributed by atoms with Crippen molar-refractivity contribution in [1.29, 1.82) is 10.8 Å². The van der Waals surface area contributed by atoms with E-state index < -0.39 is 0 Å². The van der Waals surface area contributed by atoms with Gasteiger partial charge in [0, 0.05) is 24.0 Å². The molecule has 3 N–H and O–H groups in total. The summed E-state index contributed by atoms with van der Waals surface area (Å²) in [6.07, 6.45) is 0. The van der Waals surface area contributed by atoms with E-state index >= 15 is 0 Å². The van der Waals surface area contributed by atoms with Crippen LogP contribution in [0.2, 0.25) is 0 Å². The molecule has 1 fully saturated rings. The van der Waals surface area contributed by atoms with Crippen LogP contribution in [0.25, 0.3) is 10.6 Å². The molecular weight excluding hydrogens is 282 g/mol. The molecule has 2 aromatic rings. The summed E-state index contributed by atoms with van der Waals surface area (Å²) in [6, 6.07) is 9.95. The standard InChI is InChI=1S/C15H17N5S/c1-10-13(16)20(8-7-18-10)14(17)12-9-21-15(19-12)11-5-3-2-4-6-11/h2-6,9-10,16-18H,7-8H2,1H3. The lowest BCUT2D eigenvalue weighted by molar-refractivity contribution is 0.463. The van der Waals surface area contributed by atoms with Crippen LogP contribution in [0.3, 0.4) is 0 Å². The summed E-state index contributed by atoms with van der Waals surface area (Å²) in [5, 5.41) is 22.4. The van der Waals surface area contributed by atoms with Crippen molar-refractivity contribution in [2.75, 3.05) is 13.1 Å². The van der Waals surface area contributed by atoms with Crippen LogP contribution < -0.4 is 5.32 Å².